The van der Waals surface area contributed by atoms with Crippen LogP contribution in [0.5, 0.6) is 0 Å². The zero-order valence-electron chi connectivity index (χ0n) is 8.28. The number of piperidine rings is 1. The number of halogens is 1. The van der Waals surface area contributed by atoms with Gasteiger partial charge in [0.05, 0.1) is 6.10 Å². The van der Waals surface area contributed by atoms with Crippen LogP contribution in [0.15, 0.2) is 0 Å². The Balaban J connectivity index is 0.00000144. The van der Waals surface area contributed by atoms with Crippen LogP contribution in [0.1, 0.15) is 33.1 Å². The maximum atomic E-state index is 11.3. The second-order valence-corrected chi connectivity index (χ2v) is 3.48. The largest absolute Gasteiger partial charge is 0.447 e. The molecule has 1 rings (SSSR count). The van der Waals surface area contributed by atoms with E-state index in [4.69, 9.17) is 4.74 Å². The van der Waals surface area contributed by atoms with Crippen molar-refractivity contribution in [2.24, 2.45) is 0 Å². The van der Waals surface area contributed by atoms with Gasteiger partial charge in [0.25, 0.3) is 0 Å². The minimum atomic E-state index is -0.148. The zero-order chi connectivity index (χ0) is 8.97. The van der Waals surface area contributed by atoms with E-state index in [1.807, 2.05) is 13.8 Å². The Kier molecular flexibility index (Phi) is 5.88. The molecule has 0 aromatic rings. The van der Waals surface area contributed by atoms with Crippen LogP contribution in [-0.4, -0.2) is 30.2 Å². The highest BCUT2D eigenvalue weighted by Gasteiger charge is 2.17. The van der Waals surface area contributed by atoms with Crippen LogP contribution in [0.25, 0.3) is 0 Å². The van der Waals surface area contributed by atoms with Crippen LogP contribution in [0.3, 0.4) is 0 Å². The van der Waals surface area contributed by atoms with E-state index in [-0.39, 0.29) is 24.6 Å². The maximum absolute atomic E-state index is 11.3. The average molecular weight is 208 g/mol. The molecule has 0 aliphatic carbocycles. The molecule has 1 heterocycles. The Morgan fingerprint density at radius 1 is 1.23 bits per heavy atom. The van der Waals surface area contributed by atoms with Gasteiger partial charge in [-0.25, -0.2) is 4.79 Å². The topological polar surface area (TPSA) is 29.5 Å². The van der Waals surface area contributed by atoms with Gasteiger partial charge < -0.3 is 9.64 Å². The summed E-state index contributed by atoms with van der Waals surface area (Å²) in [5, 5.41) is 0. The van der Waals surface area contributed by atoms with Crippen molar-refractivity contribution in [3.8, 4) is 0 Å². The fourth-order valence-electron chi connectivity index (χ4n) is 1.35. The predicted molar refractivity (Wildman–Crippen MR) is 54.3 cm³/mol. The molecule has 0 N–H and O–H groups in total. The van der Waals surface area contributed by atoms with Gasteiger partial charge in [0.15, 0.2) is 0 Å². The predicted octanol–water partition coefficient (Wildman–Crippen LogP) is 2.44. The number of hydrogen-bond donors (Lipinski definition) is 0. The SMILES string of the molecule is CC(C)OC(=O)N1CCCCC1.Cl. The molecule has 0 bridgehead atoms. The summed E-state index contributed by atoms with van der Waals surface area (Å²) in [5.41, 5.74) is 0. The van der Waals surface area contributed by atoms with E-state index in [0.717, 1.165) is 25.9 Å². The molecular formula is C9H18ClNO2. The van der Waals surface area contributed by atoms with E-state index in [2.05, 4.69) is 0 Å². The van der Waals surface area contributed by atoms with Crippen molar-refractivity contribution in [3.05, 3.63) is 0 Å². The molecule has 1 fully saturated rings. The minimum Gasteiger partial charge on any atom is -0.447 e. The highest BCUT2D eigenvalue weighted by atomic mass is 35.5. The third-order valence-electron chi connectivity index (χ3n) is 1.95. The first-order valence-electron chi connectivity index (χ1n) is 4.65. The van der Waals surface area contributed by atoms with Crippen LogP contribution >= 0.6 is 12.4 Å². The number of rotatable bonds is 1. The molecule has 0 atom stereocenters. The normalized spacial score (nSPS) is 16.7. The maximum Gasteiger partial charge on any atom is 0.410 e. The van der Waals surface area contributed by atoms with Gasteiger partial charge in [0.2, 0.25) is 0 Å². The summed E-state index contributed by atoms with van der Waals surface area (Å²) in [6.45, 7) is 5.49. The molecular weight excluding hydrogens is 190 g/mol. The van der Waals surface area contributed by atoms with E-state index in [1.54, 1.807) is 4.90 Å². The van der Waals surface area contributed by atoms with Crippen LogP contribution in [0, 0.1) is 0 Å². The number of amides is 1. The fraction of sp³-hybridized carbons (Fsp3) is 0.889. The number of likely N-dealkylation sites (tertiary alicyclic amines) is 1. The quantitative estimate of drug-likeness (QED) is 0.661. The van der Waals surface area contributed by atoms with Crippen molar-refractivity contribution in [1.82, 2.24) is 4.90 Å². The van der Waals surface area contributed by atoms with Crippen LogP contribution in [0.2, 0.25) is 0 Å². The monoisotopic (exact) mass is 207 g/mol. The first kappa shape index (κ1) is 12.6. The number of hydrogen-bond acceptors (Lipinski definition) is 2. The molecule has 3 nitrogen and oxygen atoms in total. The summed E-state index contributed by atoms with van der Waals surface area (Å²) < 4.78 is 5.08. The molecule has 0 saturated carbocycles. The summed E-state index contributed by atoms with van der Waals surface area (Å²) in [6, 6.07) is 0. The van der Waals surface area contributed by atoms with Gasteiger partial charge in [0.1, 0.15) is 0 Å². The van der Waals surface area contributed by atoms with Crippen LogP contribution in [-0.2, 0) is 4.74 Å². The van der Waals surface area contributed by atoms with Crippen LogP contribution in [0.4, 0.5) is 4.79 Å². The van der Waals surface area contributed by atoms with Crippen molar-refractivity contribution in [2.75, 3.05) is 13.1 Å². The summed E-state index contributed by atoms with van der Waals surface area (Å²) >= 11 is 0. The van der Waals surface area contributed by atoms with Crippen molar-refractivity contribution < 1.29 is 9.53 Å². The van der Waals surface area contributed by atoms with E-state index >= 15 is 0 Å². The number of carbonyl (C=O) groups excluding carboxylic acids is 1. The van der Waals surface area contributed by atoms with Gasteiger partial charge in [-0.2, -0.15) is 0 Å². The Morgan fingerprint density at radius 2 is 1.77 bits per heavy atom. The van der Waals surface area contributed by atoms with Gasteiger partial charge in [-0.15, -0.1) is 12.4 Å². The molecule has 0 unspecified atom stereocenters. The van der Waals surface area contributed by atoms with Gasteiger partial charge in [-0.05, 0) is 33.1 Å². The molecule has 4 heteroatoms. The highest BCUT2D eigenvalue weighted by molar-refractivity contribution is 5.85. The molecule has 0 spiro atoms. The smallest absolute Gasteiger partial charge is 0.410 e. The Labute approximate surface area is 85.8 Å². The van der Waals surface area contributed by atoms with Crippen molar-refractivity contribution in [2.45, 2.75) is 39.2 Å². The molecule has 0 aromatic heterocycles. The molecule has 0 aromatic carbocycles. The first-order valence-corrected chi connectivity index (χ1v) is 4.65. The lowest BCUT2D eigenvalue weighted by Gasteiger charge is -2.26. The minimum absolute atomic E-state index is 0. The average Bonchev–Trinajstić information content (AvgIpc) is 2.05. The molecule has 1 amide bonds. The molecule has 1 aliphatic heterocycles. The summed E-state index contributed by atoms with van der Waals surface area (Å²) in [6.07, 6.45) is 3.33. The zero-order valence-corrected chi connectivity index (χ0v) is 9.10. The molecule has 0 radical (unpaired) electrons. The van der Waals surface area contributed by atoms with Gasteiger partial charge in [-0.1, -0.05) is 0 Å². The number of nitrogens with zero attached hydrogens (tertiary/aromatic N) is 1. The summed E-state index contributed by atoms with van der Waals surface area (Å²) in [4.78, 5) is 13.1. The Morgan fingerprint density at radius 3 is 2.23 bits per heavy atom. The number of carbonyl (C=O) groups is 1. The highest BCUT2D eigenvalue weighted by Crippen LogP contribution is 2.10. The summed E-state index contributed by atoms with van der Waals surface area (Å²) in [7, 11) is 0. The molecule has 78 valence electrons. The molecule has 1 saturated heterocycles. The van der Waals surface area contributed by atoms with Crippen molar-refractivity contribution in [3.63, 3.8) is 0 Å². The fourth-order valence-corrected chi connectivity index (χ4v) is 1.35. The Bertz CT molecular complexity index is 156. The third-order valence-corrected chi connectivity index (χ3v) is 1.95. The lowest BCUT2D eigenvalue weighted by atomic mass is 10.1. The van der Waals surface area contributed by atoms with E-state index in [0.29, 0.717) is 0 Å². The standard InChI is InChI=1S/C9H17NO2.ClH/c1-8(2)12-9(11)10-6-4-3-5-7-10;/h8H,3-7H2,1-2H3;1H. The lowest BCUT2D eigenvalue weighted by Crippen LogP contribution is -2.37. The van der Waals surface area contributed by atoms with Gasteiger partial charge >= 0.3 is 6.09 Å². The molecule has 13 heavy (non-hydrogen) atoms. The third kappa shape index (κ3) is 4.36. The second-order valence-electron chi connectivity index (χ2n) is 3.48. The van der Waals surface area contributed by atoms with Crippen molar-refractivity contribution >= 4 is 18.5 Å². The Hall–Kier alpha value is -0.440. The van der Waals surface area contributed by atoms with Crippen LogP contribution < -0.4 is 0 Å². The first-order chi connectivity index (χ1) is 5.70. The van der Waals surface area contributed by atoms with E-state index < -0.39 is 0 Å². The van der Waals surface area contributed by atoms with Gasteiger partial charge in [-0.3, -0.25) is 0 Å². The lowest BCUT2D eigenvalue weighted by molar-refractivity contribution is 0.0711. The summed E-state index contributed by atoms with van der Waals surface area (Å²) in [5.74, 6) is 0. The second kappa shape index (κ2) is 6.08. The molecule has 1 aliphatic rings. The van der Waals surface area contributed by atoms with E-state index in [9.17, 15) is 4.79 Å². The van der Waals surface area contributed by atoms with Crippen molar-refractivity contribution in [1.29, 1.82) is 0 Å². The number of ether oxygens (including phenoxy) is 1. The van der Waals surface area contributed by atoms with Gasteiger partial charge in [0, 0.05) is 13.1 Å². The van der Waals surface area contributed by atoms with E-state index in [1.165, 1.54) is 6.42 Å².